The molecule has 0 fully saturated rings. The van der Waals surface area contributed by atoms with Crippen LogP contribution < -0.4 is 0 Å². The van der Waals surface area contributed by atoms with Gasteiger partial charge in [-0.3, -0.25) is 19.2 Å². The highest BCUT2D eigenvalue weighted by atomic mass is 16.6. The Bertz CT molecular complexity index is 748. The van der Waals surface area contributed by atoms with Crippen molar-refractivity contribution >= 4 is 23.9 Å². The lowest BCUT2D eigenvalue weighted by molar-refractivity contribution is -0.162. The SMILES string of the molecule is C=CCOC(=O)[C@H]1CC=CC[C@H]1C(=O)OCCOCCOC(=O)[C@H]1CC=CC[C@H]1C(=O)OCC=C. The van der Waals surface area contributed by atoms with Crippen LogP contribution in [0.15, 0.2) is 49.6 Å². The van der Waals surface area contributed by atoms with Gasteiger partial charge in [0.2, 0.25) is 0 Å². The Morgan fingerprint density at radius 2 is 0.886 bits per heavy atom. The summed E-state index contributed by atoms with van der Waals surface area (Å²) in [7, 11) is 0. The van der Waals surface area contributed by atoms with Crippen molar-refractivity contribution in [1.82, 2.24) is 0 Å². The summed E-state index contributed by atoms with van der Waals surface area (Å²) in [6, 6.07) is 0. The molecule has 4 atom stereocenters. The molecular weight excluding hydrogens is 456 g/mol. The summed E-state index contributed by atoms with van der Waals surface area (Å²) < 4.78 is 26.1. The van der Waals surface area contributed by atoms with Crippen molar-refractivity contribution < 1.29 is 42.9 Å². The summed E-state index contributed by atoms with van der Waals surface area (Å²) in [6.45, 7) is 7.44. The molecule has 9 nitrogen and oxygen atoms in total. The van der Waals surface area contributed by atoms with E-state index in [9.17, 15) is 19.2 Å². The van der Waals surface area contributed by atoms with E-state index in [4.69, 9.17) is 23.7 Å². The maximum Gasteiger partial charge on any atom is 0.310 e. The largest absolute Gasteiger partial charge is 0.463 e. The topological polar surface area (TPSA) is 114 Å². The molecule has 35 heavy (non-hydrogen) atoms. The molecule has 0 saturated heterocycles. The van der Waals surface area contributed by atoms with Crippen LogP contribution in [0.2, 0.25) is 0 Å². The Morgan fingerprint density at radius 3 is 1.20 bits per heavy atom. The Morgan fingerprint density at radius 1 is 0.571 bits per heavy atom. The van der Waals surface area contributed by atoms with Crippen LogP contribution in [-0.2, 0) is 42.9 Å². The second kappa shape index (κ2) is 15.7. The predicted molar refractivity (Wildman–Crippen MR) is 126 cm³/mol. The second-order valence-corrected chi connectivity index (χ2v) is 8.10. The minimum Gasteiger partial charge on any atom is -0.463 e. The average Bonchev–Trinajstić information content (AvgIpc) is 2.89. The molecule has 2 rings (SSSR count). The molecule has 0 radical (unpaired) electrons. The third-order valence-corrected chi connectivity index (χ3v) is 5.71. The molecule has 9 heteroatoms. The first kappa shape index (κ1) is 28.0. The van der Waals surface area contributed by atoms with Gasteiger partial charge in [0.15, 0.2) is 0 Å². The number of carbonyl (C=O) groups excluding carboxylic acids is 4. The highest BCUT2D eigenvalue weighted by Gasteiger charge is 2.37. The van der Waals surface area contributed by atoms with Crippen molar-refractivity contribution in [3.05, 3.63) is 49.6 Å². The summed E-state index contributed by atoms with van der Waals surface area (Å²) in [5.74, 6) is -4.23. The third-order valence-electron chi connectivity index (χ3n) is 5.71. The molecule has 192 valence electrons. The molecule has 0 unspecified atom stereocenters. The van der Waals surface area contributed by atoms with Crippen molar-refractivity contribution in [2.75, 3.05) is 39.6 Å². The Kier molecular flexibility index (Phi) is 12.5. The number of esters is 4. The van der Waals surface area contributed by atoms with Crippen LogP contribution in [0.1, 0.15) is 25.7 Å². The van der Waals surface area contributed by atoms with Crippen LogP contribution in [0.3, 0.4) is 0 Å². The first-order valence-electron chi connectivity index (χ1n) is 11.8. The van der Waals surface area contributed by atoms with Gasteiger partial charge in [0.25, 0.3) is 0 Å². The van der Waals surface area contributed by atoms with E-state index < -0.39 is 47.5 Å². The number of hydrogen-bond donors (Lipinski definition) is 0. The number of rotatable bonds is 14. The maximum atomic E-state index is 12.4. The fourth-order valence-electron chi connectivity index (χ4n) is 3.89. The average molecular weight is 491 g/mol. The highest BCUT2D eigenvalue weighted by Crippen LogP contribution is 2.29. The van der Waals surface area contributed by atoms with Gasteiger partial charge < -0.3 is 23.7 Å². The quantitative estimate of drug-likeness (QED) is 0.157. The van der Waals surface area contributed by atoms with E-state index in [0.29, 0.717) is 25.7 Å². The van der Waals surface area contributed by atoms with E-state index in [1.54, 1.807) is 0 Å². The van der Waals surface area contributed by atoms with Crippen molar-refractivity contribution in [3.8, 4) is 0 Å². The Hall–Kier alpha value is -3.20. The van der Waals surface area contributed by atoms with Gasteiger partial charge in [-0.15, -0.1) is 0 Å². The zero-order valence-electron chi connectivity index (χ0n) is 19.9. The van der Waals surface area contributed by atoms with E-state index >= 15 is 0 Å². The lowest BCUT2D eigenvalue weighted by Gasteiger charge is -2.25. The van der Waals surface area contributed by atoms with E-state index in [1.807, 2.05) is 24.3 Å². The lowest BCUT2D eigenvalue weighted by atomic mass is 9.83. The van der Waals surface area contributed by atoms with E-state index in [1.165, 1.54) is 12.2 Å². The van der Waals surface area contributed by atoms with Crippen LogP contribution in [0.5, 0.6) is 0 Å². The number of hydrogen-bond acceptors (Lipinski definition) is 9. The van der Waals surface area contributed by atoms with Gasteiger partial charge in [0.05, 0.1) is 36.9 Å². The molecule has 0 N–H and O–H groups in total. The smallest absolute Gasteiger partial charge is 0.310 e. The standard InChI is InChI=1S/C26H34O9/c1-3-13-32-23(27)19-9-5-7-11-21(19)25(29)34-17-15-31-16-18-35-26(30)22-12-8-6-10-20(22)24(28)33-14-4-2/h3-8,19-22H,1-2,9-18H2/t19-,20+,21+,22-. The fourth-order valence-corrected chi connectivity index (χ4v) is 3.89. The minimum absolute atomic E-state index is 0.00601. The molecule has 0 bridgehead atoms. The summed E-state index contributed by atoms with van der Waals surface area (Å²) in [6.07, 6.45) is 12.0. The molecule has 0 aromatic heterocycles. The molecule has 2 aliphatic carbocycles. The summed E-state index contributed by atoms with van der Waals surface area (Å²) >= 11 is 0. The first-order valence-corrected chi connectivity index (χ1v) is 11.8. The van der Waals surface area contributed by atoms with Crippen LogP contribution in [0.4, 0.5) is 0 Å². The number of allylic oxidation sites excluding steroid dienone is 4. The molecular formula is C26H34O9. The van der Waals surface area contributed by atoms with Crippen LogP contribution >= 0.6 is 0 Å². The molecule has 0 saturated carbocycles. The molecule has 0 amide bonds. The maximum absolute atomic E-state index is 12.4. The normalized spacial score (nSPS) is 23.1. The summed E-state index contributed by atoms with van der Waals surface area (Å²) in [5.41, 5.74) is 0. The zero-order valence-corrected chi connectivity index (χ0v) is 19.9. The first-order chi connectivity index (χ1) is 17.0. The molecule has 0 heterocycles. The molecule has 0 aromatic carbocycles. The second-order valence-electron chi connectivity index (χ2n) is 8.10. The van der Waals surface area contributed by atoms with Gasteiger partial charge >= 0.3 is 23.9 Å². The van der Waals surface area contributed by atoms with E-state index in [2.05, 4.69) is 13.2 Å². The zero-order chi connectivity index (χ0) is 25.5. The lowest BCUT2D eigenvalue weighted by Crippen LogP contribution is -2.34. The van der Waals surface area contributed by atoms with Crippen LogP contribution in [0, 0.1) is 23.7 Å². The third kappa shape index (κ3) is 9.16. The number of carbonyl (C=O) groups is 4. The van der Waals surface area contributed by atoms with Gasteiger partial charge in [-0.05, 0) is 25.7 Å². The Balaban J connectivity index is 1.65. The fraction of sp³-hybridized carbons (Fsp3) is 0.538. The van der Waals surface area contributed by atoms with Gasteiger partial charge in [0.1, 0.15) is 26.4 Å². The van der Waals surface area contributed by atoms with Crippen LogP contribution in [0.25, 0.3) is 0 Å². The van der Waals surface area contributed by atoms with Crippen molar-refractivity contribution in [3.63, 3.8) is 0 Å². The monoisotopic (exact) mass is 490 g/mol. The van der Waals surface area contributed by atoms with E-state index in [0.717, 1.165) is 0 Å². The molecule has 2 aliphatic rings. The predicted octanol–water partition coefficient (Wildman–Crippen LogP) is 2.71. The van der Waals surface area contributed by atoms with Gasteiger partial charge in [-0.25, -0.2) is 0 Å². The highest BCUT2D eigenvalue weighted by molar-refractivity contribution is 5.83. The van der Waals surface area contributed by atoms with Gasteiger partial charge in [-0.1, -0.05) is 49.6 Å². The molecule has 0 aromatic rings. The van der Waals surface area contributed by atoms with Gasteiger partial charge in [-0.2, -0.15) is 0 Å². The molecule has 0 spiro atoms. The summed E-state index contributed by atoms with van der Waals surface area (Å²) in [5, 5.41) is 0. The number of ether oxygens (including phenoxy) is 5. The van der Waals surface area contributed by atoms with Crippen molar-refractivity contribution in [2.24, 2.45) is 23.7 Å². The van der Waals surface area contributed by atoms with Crippen molar-refractivity contribution in [2.45, 2.75) is 25.7 Å². The van der Waals surface area contributed by atoms with Crippen LogP contribution in [-0.4, -0.2) is 63.5 Å². The van der Waals surface area contributed by atoms with Crippen molar-refractivity contribution in [1.29, 1.82) is 0 Å². The summed E-state index contributed by atoms with van der Waals surface area (Å²) in [4.78, 5) is 49.2. The van der Waals surface area contributed by atoms with Gasteiger partial charge in [0, 0.05) is 0 Å². The minimum atomic E-state index is -0.603. The Labute approximate surface area is 205 Å². The van der Waals surface area contributed by atoms with E-state index in [-0.39, 0.29) is 39.6 Å². The molecule has 0 aliphatic heterocycles.